The van der Waals surface area contributed by atoms with Gasteiger partial charge in [-0.25, -0.2) is 4.79 Å². The van der Waals surface area contributed by atoms with Crippen molar-refractivity contribution in [1.29, 1.82) is 0 Å². The molecular weight excluding hydrogens is 318 g/mol. The van der Waals surface area contributed by atoms with Crippen LogP contribution in [0.5, 0.6) is 0 Å². The fourth-order valence-electron chi connectivity index (χ4n) is 3.87. The second-order valence-corrected chi connectivity index (χ2v) is 7.45. The van der Waals surface area contributed by atoms with Gasteiger partial charge in [0, 0.05) is 32.7 Å². The quantitative estimate of drug-likeness (QED) is 0.890. The van der Waals surface area contributed by atoms with E-state index in [2.05, 4.69) is 17.3 Å². The number of anilines is 1. The topological polar surface area (TPSA) is 70.5 Å². The molecule has 0 bridgehead atoms. The largest absolute Gasteiger partial charge is 0.326 e. The van der Waals surface area contributed by atoms with Gasteiger partial charge in [0.25, 0.3) is 5.91 Å². The maximum absolute atomic E-state index is 12.9. The van der Waals surface area contributed by atoms with Crippen molar-refractivity contribution in [1.82, 2.24) is 20.0 Å². The molecule has 0 radical (unpaired) electrons. The Morgan fingerprint density at radius 3 is 2.76 bits per heavy atom. The third-order valence-corrected chi connectivity index (χ3v) is 5.18. The van der Waals surface area contributed by atoms with E-state index in [0.29, 0.717) is 18.9 Å². The van der Waals surface area contributed by atoms with Crippen LogP contribution in [-0.4, -0.2) is 52.3 Å². The van der Waals surface area contributed by atoms with Gasteiger partial charge in [0.1, 0.15) is 11.9 Å². The lowest BCUT2D eigenvalue weighted by atomic mass is 10.0. The summed E-state index contributed by atoms with van der Waals surface area (Å²) in [7, 11) is 1.84. The van der Waals surface area contributed by atoms with Crippen LogP contribution in [0, 0.1) is 12.8 Å². The highest BCUT2D eigenvalue weighted by Gasteiger charge is 2.33. The molecule has 1 N–H and O–H groups in total. The number of carbonyl (C=O) groups is 2. The van der Waals surface area contributed by atoms with Gasteiger partial charge in [0.2, 0.25) is 0 Å². The highest BCUT2D eigenvalue weighted by Crippen LogP contribution is 2.22. The van der Waals surface area contributed by atoms with Gasteiger partial charge in [0.15, 0.2) is 0 Å². The highest BCUT2D eigenvalue weighted by molar-refractivity contribution is 5.99. The lowest BCUT2D eigenvalue weighted by Gasteiger charge is -2.33. The first-order chi connectivity index (χ1) is 12.0. The zero-order chi connectivity index (χ0) is 18.0. The van der Waals surface area contributed by atoms with Crippen LogP contribution in [-0.2, 0) is 11.8 Å². The first-order valence-corrected chi connectivity index (χ1v) is 9.33. The SMILES string of the molecule is Cc1cc(N2CCC[C@H](NC(=O)N3CCCC[C@@H](C)C3)C2=O)n(C)n1. The van der Waals surface area contributed by atoms with Gasteiger partial charge in [0.05, 0.1) is 5.69 Å². The van der Waals surface area contributed by atoms with Gasteiger partial charge < -0.3 is 10.2 Å². The summed E-state index contributed by atoms with van der Waals surface area (Å²) in [6.07, 6.45) is 4.94. The van der Waals surface area contributed by atoms with Crippen molar-refractivity contribution >= 4 is 17.8 Å². The number of nitrogens with zero attached hydrogens (tertiary/aromatic N) is 4. The fourth-order valence-corrected chi connectivity index (χ4v) is 3.87. The number of amides is 3. The molecule has 0 spiro atoms. The summed E-state index contributed by atoms with van der Waals surface area (Å²) < 4.78 is 1.73. The van der Waals surface area contributed by atoms with E-state index in [9.17, 15) is 9.59 Å². The molecule has 2 fully saturated rings. The van der Waals surface area contributed by atoms with Crippen LogP contribution < -0.4 is 10.2 Å². The zero-order valence-corrected chi connectivity index (χ0v) is 15.5. The molecule has 138 valence electrons. The third kappa shape index (κ3) is 3.96. The molecule has 25 heavy (non-hydrogen) atoms. The molecule has 0 aliphatic carbocycles. The van der Waals surface area contributed by atoms with Crippen molar-refractivity contribution in [3.8, 4) is 0 Å². The van der Waals surface area contributed by atoms with Crippen LogP contribution in [0.4, 0.5) is 10.6 Å². The van der Waals surface area contributed by atoms with E-state index >= 15 is 0 Å². The van der Waals surface area contributed by atoms with E-state index in [1.54, 1.807) is 9.58 Å². The summed E-state index contributed by atoms with van der Waals surface area (Å²) in [5.41, 5.74) is 0.884. The van der Waals surface area contributed by atoms with Crippen LogP contribution >= 0.6 is 0 Å². The first kappa shape index (κ1) is 17.8. The predicted octanol–water partition coefficient (Wildman–Crippen LogP) is 2.06. The smallest absolute Gasteiger partial charge is 0.318 e. The van der Waals surface area contributed by atoms with Crippen molar-refractivity contribution in [2.75, 3.05) is 24.5 Å². The van der Waals surface area contributed by atoms with Crippen LogP contribution in [0.25, 0.3) is 0 Å². The predicted molar refractivity (Wildman–Crippen MR) is 96.4 cm³/mol. The minimum Gasteiger partial charge on any atom is -0.326 e. The van der Waals surface area contributed by atoms with Gasteiger partial charge in [-0.15, -0.1) is 0 Å². The monoisotopic (exact) mass is 347 g/mol. The standard InChI is InChI=1S/C18H29N5O2/c1-13-7-4-5-9-22(12-13)18(25)19-15-8-6-10-23(17(15)24)16-11-14(2)20-21(16)3/h11,13,15H,4-10,12H2,1-3H3,(H,19,25)/t13-,15+/m1/s1. The van der Waals surface area contributed by atoms with E-state index in [4.69, 9.17) is 0 Å². The number of piperidine rings is 1. The Balaban J connectivity index is 1.66. The molecule has 0 aromatic carbocycles. The Labute approximate surface area is 149 Å². The molecule has 0 unspecified atom stereocenters. The molecule has 7 nitrogen and oxygen atoms in total. The molecule has 2 atom stereocenters. The molecule has 1 aromatic heterocycles. The lowest BCUT2D eigenvalue weighted by molar-refractivity contribution is -0.121. The third-order valence-electron chi connectivity index (χ3n) is 5.18. The van der Waals surface area contributed by atoms with Crippen molar-refractivity contribution in [2.45, 2.75) is 52.0 Å². The van der Waals surface area contributed by atoms with E-state index in [-0.39, 0.29) is 11.9 Å². The Kier molecular flexibility index (Phi) is 5.30. The Morgan fingerprint density at radius 2 is 2.04 bits per heavy atom. The summed E-state index contributed by atoms with van der Waals surface area (Å²) >= 11 is 0. The normalized spacial score (nSPS) is 25.0. The molecular formula is C18H29N5O2. The van der Waals surface area contributed by atoms with Crippen LogP contribution in [0.3, 0.4) is 0 Å². The number of likely N-dealkylation sites (tertiary alicyclic amines) is 1. The summed E-state index contributed by atoms with van der Waals surface area (Å²) in [6, 6.07) is 1.36. The fraction of sp³-hybridized carbons (Fsp3) is 0.722. The average molecular weight is 347 g/mol. The van der Waals surface area contributed by atoms with Gasteiger partial charge in [-0.2, -0.15) is 5.10 Å². The summed E-state index contributed by atoms with van der Waals surface area (Å²) in [6.45, 7) is 6.32. The number of rotatable bonds is 2. The Morgan fingerprint density at radius 1 is 1.24 bits per heavy atom. The maximum Gasteiger partial charge on any atom is 0.318 e. The molecule has 0 saturated carbocycles. The molecule has 2 saturated heterocycles. The number of aryl methyl sites for hydroxylation is 2. The molecule has 3 heterocycles. The second kappa shape index (κ2) is 7.45. The zero-order valence-electron chi connectivity index (χ0n) is 15.5. The summed E-state index contributed by atoms with van der Waals surface area (Å²) in [4.78, 5) is 29.2. The number of aromatic nitrogens is 2. The molecule has 7 heteroatoms. The minimum absolute atomic E-state index is 0.0366. The Hall–Kier alpha value is -2.05. The van der Waals surface area contributed by atoms with E-state index in [1.165, 1.54) is 12.8 Å². The number of hydrogen-bond acceptors (Lipinski definition) is 3. The number of hydrogen-bond donors (Lipinski definition) is 1. The molecule has 2 aliphatic rings. The van der Waals surface area contributed by atoms with Gasteiger partial charge in [-0.3, -0.25) is 14.4 Å². The molecule has 3 amide bonds. The summed E-state index contributed by atoms with van der Waals surface area (Å²) in [5, 5.41) is 7.30. The summed E-state index contributed by atoms with van der Waals surface area (Å²) in [5.74, 6) is 1.28. The van der Waals surface area contributed by atoms with Crippen molar-refractivity contribution in [3.05, 3.63) is 11.8 Å². The number of carbonyl (C=O) groups excluding carboxylic acids is 2. The molecule has 2 aliphatic heterocycles. The number of urea groups is 1. The van der Waals surface area contributed by atoms with E-state index in [1.807, 2.05) is 24.9 Å². The first-order valence-electron chi connectivity index (χ1n) is 9.33. The van der Waals surface area contributed by atoms with Crippen molar-refractivity contribution < 1.29 is 9.59 Å². The highest BCUT2D eigenvalue weighted by atomic mass is 16.2. The van der Waals surface area contributed by atoms with Crippen molar-refractivity contribution in [3.63, 3.8) is 0 Å². The van der Waals surface area contributed by atoms with Crippen molar-refractivity contribution in [2.24, 2.45) is 13.0 Å². The molecule has 1 aromatic rings. The van der Waals surface area contributed by atoms with Crippen LogP contribution in [0.1, 0.15) is 44.7 Å². The lowest BCUT2D eigenvalue weighted by Crippen LogP contribution is -2.55. The maximum atomic E-state index is 12.9. The van der Waals surface area contributed by atoms with Crippen LogP contribution in [0.2, 0.25) is 0 Å². The second-order valence-electron chi connectivity index (χ2n) is 7.45. The van der Waals surface area contributed by atoms with E-state index < -0.39 is 6.04 Å². The van der Waals surface area contributed by atoms with E-state index in [0.717, 1.165) is 37.4 Å². The number of nitrogens with one attached hydrogen (secondary N) is 1. The van der Waals surface area contributed by atoms with Gasteiger partial charge in [-0.1, -0.05) is 13.3 Å². The Bertz CT molecular complexity index is 641. The average Bonchev–Trinajstić information content (AvgIpc) is 2.77. The van der Waals surface area contributed by atoms with Crippen LogP contribution in [0.15, 0.2) is 6.07 Å². The molecule has 3 rings (SSSR count). The minimum atomic E-state index is -0.449. The van der Waals surface area contributed by atoms with Gasteiger partial charge in [-0.05, 0) is 38.5 Å². The van der Waals surface area contributed by atoms with Gasteiger partial charge >= 0.3 is 6.03 Å².